The SMILES string of the molecule is Cc1ccc(N2CC(C(=O)N3CCNC(C)C3)CC2=O)cc1. The summed E-state index contributed by atoms with van der Waals surface area (Å²) >= 11 is 0. The van der Waals surface area contributed by atoms with E-state index in [1.54, 1.807) is 4.90 Å². The maximum atomic E-state index is 12.6. The van der Waals surface area contributed by atoms with Crippen LogP contribution in [-0.2, 0) is 9.59 Å². The molecule has 0 bridgehead atoms. The molecule has 0 saturated carbocycles. The number of aryl methyl sites for hydroxylation is 1. The van der Waals surface area contributed by atoms with Gasteiger partial charge in [-0.15, -0.1) is 0 Å². The Morgan fingerprint density at radius 2 is 1.95 bits per heavy atom. The summed E-state index contributed by atoms with van der Waals surface area (Å²) in [4.78, 5) is 28.6. The highest BCUT2D eigenvalue weighted by atomic mass is 16.2. The number of carbonyl (C=O) groups is 2. The molecule has 3 rings (SSSR count). The molecule has 2 atom stereocenters. The van der Waals surface area contributed by atoms with Crippen molar-refractivity contribution in [1.29, 1.82) is 0 Å². The topological polar surface area (TPSA) is 52.7 Å². The van der Waals surface area contributed by atoms with Gasteiger partial charge < -0.3 is 15.1 Å². The zero-order chi connectivity index (χ0) is 15.7. The normalized spacial score (nSPS) is 25.6. The average molecular weight is 301 g/mol. The van der Waals surface area contributed by atoms with Gasteiger partial charge in [0.25, 0.3) is 0 Å². The number of nitrogens with zero attached hydrogens (tertiary/aromatic N) is 2. The van der Waals surface area contributed by atoms with E-state index in [4.69, 9.17) is 0 Å². The minimum atomic E-state index is -0.209. The van der Waals surface area contributed by atoms with E-state index in [1.807, 2.05) is 36.1 Å². The minimum Gasteiger partial charge on any atom is -0.340 e. The standard InChI is InChI=1S/C17H23N3O2/c1-12-3-5-15(6-4-12)20-11-14(9-16(20)21)17(22)19-8-7-18-13(2)10-19/h3-6,13-14,18H,7-11H2,1-2H3. The van der Waals surface area contributed by atoms with Crippen LogP contribution >= 0.6 is 0 Å². The third-order valence-electron chi connectivity index (χ3n) is 4.50. The quantitative estimate of drug-likeness (QED) is 0.892. The van der Waals surface area contributed by atoms with Gasteiger partial charge in [0.05, 0.1) is 5.92 Å². The number of piperazine rings is 1. The van der Waals surface area contributed by atoms with Crippen molar-refractivity contribution in [2.45, 2.75) is 26.3 Å². The molecule has 2 amide bonds. The molecule has 5 heteroatoms. The molecule has 5 nitrogen and oxygen atoms in total. The lowest BCUT2D eigenvalue weighted by Gasteiger charge is -2.33. The van der Waals surface area contributed by atoms with Crippen molar-refractivity contribution in [2.75, 3.05) is 31.1 Å². The van der Waals surface area contributed by atoms with Gasteiger partial charge in [0.2, 0.25) is 11.8 Å². The molecular weight excluding hydrogens is 278 g/mol. The lowest BCUT2D eigenvalue weighted by atomic mass is 10.1. The highest BCUT2D eigenvalue weighted by molar-refractivity contribution is 6.00. The molecule has 1 aromatic rings. The number of hydrogen-bond donors (Lipinski definition) is 1. The average Bonchev–Trinajstić information content (AvgIpc) is 2.89. The smallest absolute Gasteiger partial charge is 0.228 e. The molecule has 2 heterocycles. The van der Waals surface area contributed by atoms with E-state index in [0.29, 0.717) is 19.0 Å². The number of rotatable bonds is 2. The van der Waals surface area contributed by atoms with Gasteiger partial charge in [-0.3, -0.25) is 9.59 Å². The molecule has 0 spiro atoms. The molecule has 118 valence electrons. The molecule has 1 aromatic carbocycles. The minimum absolute atomic E-state index is 0.0467. The number of hydrogen-bond acceptors (Lipinski definition) is 3. The van der Waals surface area contributed by atoms with E-state index < -0.39 is 0 Å². The molecule has 2 unspecified atom stereocenters. The maximum Gasteiger partial charge on any atom is 0.228 e. The third kappa shape index (κ3) is 2.99. The lowest BCUT2D eigenvalue weighted by molar-refractivity contribution is -0.136. The van der Waals surface area contributed by atoms with Crippen LogP contribution in [0.4, 0.5) is 5.69 Å². The summed E-state index contributed by atoms with van der Waals surface area (Å²) in [7, 11) is 0. The summed E-state index contributed by atoms with van der Waals surface area (Å²) in [6, 6.07) is 8.22. The predicted molar refractivity (Wildman–Crippen MR) is 85.7 cm³/mol. The van der Waals surface area contributed by atoms with E-state index in [0.717, 1.165) is 30.9 Å². The summed E-state index contributed by atoms with van der Waals surface area (Å²) in [6.07, 6.45) is 0.324. The Hall–Kier alpha value is -1.88. The van der Waals surface area contributed by atoms with Gasteiger partial charge in [0, 0.05) is 44.3 Å². The van der Waals surface area contributed by atoms with E-state index in [2.05, 4.69) is 12.2 Å². The van der Waals surface area contributed by atoms with Crippen LogP contribution in [-0.4, -0.2) is 48.9 Å². The maximum absolute atomic E-state index is 12.6. The van der Waals surface area contributed by atoms with Crippen molar-refractivity contribution >= 4 is 17.5 Å². The van der Waals surface area contributed by atoms with Gasteiger partial charge >= 0.3 is 0 Å². The van der Waals surface area contributed by atoms with Crippen molar-refractivity contribution in [1.82, 2.24) is 10.2 Å². The molecule has 2 aliphatic rings. The van der Waals surface area contributed by atoms with Crippen LogP contribution in [0, 0.1) is 12.8 Å². The molecule has 2 aliphatic heterocycles. The number of benzene rings is 1. The second-order valence-electron chi connectivity index (χ2n) is 6.38. The largest absolute Gasteiger partial charge is 0.340 e. The van der Waals surface area contributed by atoms with E-state index in [1.165, 1.54) is 0 Å². The molecule has 0 radical (unpaired) electrons. The Balaban J connectivity index is 1.68. The summed E-state index contributed by atoms with van der Waals surface area (Å²) in [5, 5.41) is 3.33. The second kappa shape index (κ2) is 6.08. The van der Waals surface area contributed by atoms with Gasteiger partial charge in [0.1, 0.15) is 0 Å². The molecule has 0 aliphatic carbocycles. The van der Waals surface area contributed by atoms with Crippen LogP contribution in [0.2, 0.25) is 0 Å². The van der Waals surface area contributed by atoms with Gasteiger partial charge in [-0.25, -0.2) is 0 Å². The van der Waals surface area contributed by atoms with Gasteiger partial charge in [-0.05, 0) is 26.0 Å². The van der Waals surface area contributed by atoms with Crippen LogP contribution < -0.4 is 10.2 Å². The van der Waals surface area contributed by atoms with Crippen LogP contribution in [0.5, 0.6) is 0 Å². The first kappa shape index (κ1) is 15.0. The van der Waals surface area contributed by atoms with Crippen molar-refractivity contribution in [3.05, 3.63) is 29.8 Å². The first-order valence-corrected chi connectivity index (χ1v) is 7.94. The fraction of sp³-hybridized carbons (Fsp3) is 0.529. The van der Waals surface area contributed by atoms with Gasteiger partial charge in [-0.1, -0.05) is 17.7 Å². The Labute approximate surface area is 131 Å². The van der Waals surface area contributed by atoms with Gasteiger partial charge in [0.15, 0.2) is 0 Å². The van der Waals surface area contributed by atoms with Crippen LogP contribution in [0.3, 0.4) is 0 Å². The molecule has 2 fully saturated rings. The lowest BCUT2D eigenvalue weighted by Crippen LogP contribution is -2.53. The van der Waals surface area contributed by atoms with Gasteiger partial charge in [-0.2, -0.15) is 0 Å². The molecule has 0 aromatic heterocycles. The molecular formula is C17H23N3O2. The Morgan fingerprint density at radius 3 is 2.64 bits per heavy atom. The van der Waals surface area contributed by atoms with Crippen LogP contribution in [0.25, 0.3) is 0 Å². The number of anilines is 1. The summed E-state index contributed by atoms with van der Waals surface area (Å²) in [6.45, 7) is 6.89. The van der Waals surface area contributed by atoms with Crippen molar-refractivity contribution in [3.63, 3.8) is 0 Å². The summed E-state index contributed by atoms with van der Waals surface area (Å²) < 4.78 is 0. The predicted octanol–water partition coefficient (Wildman–Crippen LogP) is 1.17. The number of amides is 2. The molecule has 1 N–H and O–H groups in total. The highest BCUT2D eigenvalue weighted by Gasteiger charge is 2.37. The first-order chi connectivity index (χ1) is 10.5. The third-order valence-corrected chi connectivity index (χ3v) is 4.50. The second-order valence-corrected chi connectivity index (χ2v) is 6.38. The Kier molecular flexibility index (Phi) is 4.16. The fourth-order valence-electron chi connectivity index (χ4n) is 3.24. The zero-order valence-electron chi connectivity index (χ0n) is 13.2. The molecule has 22 heavy (non-hydrogen) atoms. The Bertz CT molecular complexity index is 570. The van der Waals surface area contributed by atoms with E-state index >= 15 is 0 Å². The zero-order valence-corrected chi connectivity index (χ0v) is 13.2. The summed E-state index contributed by atoms with van der Waals surface area (Å²) in [5.74, 6) is -0.0409. The highest BCUT2D eigenvalue weighted by Crippen LogP contribution is 2.26. The van der Waals surface area contributed by atoms with E-state index in [9.17, 15) is 9.59 Å². The number of nitrogens with one attached hydrogen (secondary N) is 1. The van der Waals surface area contributed by atoms with Crippen molar-refractivity contribution < 1.29 is 9.59 Å². The van der Waals surface area contributed by atoms with Crippen molar-refractivity contribution in [2.24, 2.45) is 5.92 Å². The van der Waals surface area contributed by atoms with E-state index in [-0.39, 0.29) is 17.7 Å². The monoisotopic (exact) mass is 301 g/mol. The van der Waals surface area contributed by atoms with Crippen LogP contribution in [0.15, 0.2) is 24.3 Å². The molecule has 2 saturated heterocycles. The number of carbonyl (C=O) groups excluding carboxylic acids is 2. The van der Waals surface area contributed by atoms with Crippen molar-refractivity contribution in [3.8, 4) is 0 Å². The summed E-state index contributed by atoms with van der Waals surface area (Å²) in [5.41, 5.74) is 2.05. The Morgan fingerprint density at radius 1 is 1.23 bits per heavy atom. The first-order valence-electron chi connectivity index (χ1n) is 7.94. The van der Waals surface area contributed by atoms with Crippen LogP contribution in [0.1, 0.15) is 18.9 Å². The fourth-order valence-corrected chi connectivity index (χ4v) is 3.24.